The number of amides is 1. The Labute approximate surface area is 301 Å². The van der Waals surface area contributed by atoms with E-state index in [4.69, 9.17) is 0 Å². The van der Waals surface area contributed by atoms with Gasteiger partial charge in [0.25, 0.3) is 5.60 Å². The third kappa shape index (κ3) is 7.74. The molecule has 2 fully saturated rings. The molecule has 1 atom stereocenters. The number of nitrogens with zero attached hydrogens (tertiary/aromatic N) is 1. The first-order valence-corrected chi connectivity index (χ1v) is 17.7. The summed E-state index contributed by atoms with van der Waals surface area (Å²) in [7, 11) is -4.68. The number of rotatable bonds is 10. The van der Waals surface area contributed by atoms with Crippen molar-refractivity contribution in [2.24, 2.45) is 11.8 Å². The molecule has 54 heavy (non-hydrogen) atoms. The molecule has 3 aromatic carbocycles. The first kappa shape index (κ1) is 40.8. The third-order valence-corrected chi connectivity index (χ3v) is 12.4. The third-order valence-electron chi connectivity index (χ3n) is 9.87. The number of hydrogen-bond acceptors (Lipinski definition) is 6. The van der Waals surface area contributed by atoms with Crippen molar-refractivity contribution in [1.29, 1.82) is 0 Å². The number of likely N-dealkylation sites (tertiary alicyclic amines) is 1. The van der Waals surface area contributed by atoms with Gasteiger partial charge in [0.15, 0.2) is 9.84 Å². The molecule has 1 N–H and O–H groups in total. The average molecular weight is 800 g/mol. The fourth-order valence-electron chi connectivity index (χ4n) is 7.04. The maximum absolute atomic E-state index is 14.7. The maximum atomic E-state index is 14.7. The molecule has 3 aromatic rings. The van der Waals surface area contributed by atoms with E-state index in [-0.39, 0.29) is 44.2 Å². The highest BCUT2D eigenvalue weighted by atomic mass is 32.2. The van der Waals surface area contributed by atoms with Crippen LogP contribution in [0.5, 0.6) is 5.75 Å². The second-order valence-electron chi connectivity index (χ2n) is 13.0. The van der Waals surface area contributed by atoms with E-state index in [1.54, 1.807) is 0 Å². The van der Waals surface area contributed by atoms with Gasteiger partial charge in [0.2, 0.25) is 5.91 Å². The predicted molar refractivity (Wildman–Crippen MR) is 168 cm³/mol. The largest absolute Gasteiger partial charge is 0.573 e. The lowest BCUT2D eigenvalue weighted by molar-refractivity contribution is -0.392. The summed E-state index contributed by atoms with van der Waals surface area (Å²) in [6.45, 7) is -2.47. The molecule has 1 aliphatic heterocycles. The Balaban J connectivity index is 1.55. The van der Waals surface area contributed by atoms with Gasteiger partial charge in [-0.25, -0.2) is 12.8 Å². The van der Waals surface area contributed by atoms with E-state index in [2.05, 4.69) is 9.47 Å². The number of sulfone groups is 1. The predicted octanol–water partition coefficient (Wildman–Crippen LogP) is 8.05. The summed E-state index contributed by atoms with van der Waals surface area (Å²) in [6.07, 6.45) is -17.5. The summed E-state index contributed by atoms with van der Waals surface area (Å²) in [5, 5.41) is 9.31. The van der Waals surface area contributed by atoms with E-state index < -0.39 is 103 Å². The minimum atomic E-state index is -6.28. The molecule has 0 aromatic heterocycles. The molecule has 294 valence electrons. The highest BCUT2D eigenvalue weighted by Gasteiger charge is 2.73. The maximum Gasteiger partial charge on any atom is 0.573 e. The van der Waals surface area contributed by atoms with Crippen LogP contribution >= 0.6 is 0 Å². The zero-order valence-corrected chi connectivity index (χ0v) is 28.6. The molecule has 1 aliphatic carbocycles. The summed E-state index contributed by atoms with van der Waals surface area (Å²) >= 11 is 0. The lowest BCUT2D eigenvalue weighted by Crippen LogP contribution is -2.55. The van der Waals surface area contributed by atoms with Gasteiger partial charge in [-0.2, -0.15) is 26.3 Å². The SMILES string of the molecule is O=C(O)C1CCC(C(=O)N2CC[C@](c3ccc(C(OCc4ccccc4OC(F)(F)F)(C(F)(F)F)C(F)(F)F)cc3)(S(=O)(=O)c3ccc(F)cc3)C2)CC1. The molecule has 0 unspecified atom stereocenters. The standard InChI is InChI=1S/C35H31F10NO7S/c36-26-13-15-27(16-14-26)54(50,51)31(17-18-46(20-31)29(47)21-5-7-22(8-6-21)30(48)49)24-9-11-25(12-10-24)32(33(37,38)39,34(40,41)42)52-19-23-3-1-2-4-28(23)53-35(43,44)45/h1-4,9-16,21-22H,5-8,17-20H2,(H,48,49)/t21?,22?,31-/m0/s1. The number of carboxylic acids is 1. The summed E-state index contributed by atoms with van der Waals surface area (Å²) in [5.41, 5.74) is -7.85. The van der Waals surface area contributed by atoms with Gasteiger partial charge in [-0.15, -0.1) is 13.2 Å². The van der Waals surface area contributed by atoms with Gasteiger partial charge in [-0.1, -0.05) is 42.5 Å². The van der Waals surface area contributed by atoms with Crippen LogP contribution in [0.1, 0.15) is 48.8 Å². The Bertz CT molecular complexity index is 1930. The van der Waals surface area contributed by atoms with Crippen LogP contribution < -0.4 is 4.74 Å². The number of halogens is 10. The van der Waals surface area contributed by atoms with Crippen molar-refractivity contribution in [2.75, 3.05) is 13.1 Å². The van der Waals surface area contributed by atoms with E-state index in [9.17, 15) is 67.0 Å². The van der Waals surface area contributed by atoms with Crippen molar-refractivity contribution in [1.82, 2.24) is 4.90 Å². The first-order chi connectivity index (χ1) is 25.0. The molecule has 1 saturated carbocycles. The number of carboxylic acid groups (broad SMARTS) is 1. The van der Waals surface area contributed by atoms with E-state index in [0.717, 1.165) is 42.5 Å². The van der Waals surface area contributed by atoms with E-state index in [1.165, 1.54) is 4.90 Å². The molecule has 1 saturated heterocycles. The smallest absolute Gasteiger partial charge is 0.481 e. The highest BCUT2D eigenvalue weighted by Crippen LogP contribution is 2.54. The lowest BCUT2D eigenvalue weighted by atomic mass is 9.81. The van der Waals surface area contributed by atoms with Crippen LogP contribution in [0.3, 0.4) is 0 Å². The molecule has 0 spiro atoms. The van der Waals surface area contributed by atoms with Crippen LogP contribution in [0.15, 0.2) is 77.7 Å². The minimum Gasteiger partial charge on any atom is -0.481 e. The second-order valence-corrected chi connectivity index (χ2v) is 15.3. The molecule has 2 aliphatic rings. The number of alkyl halides is 9. The molecule has 19 heteroatoms. The number of carbonyl (C=O) groups excluding carboxylic acids is 1. The number of carbonyl (C=O) groups is 2. The molecule has 8 nitrogen and oxygen atoms in total. The lowest BCUT2D eigenvalue weighted by Gasteiger charge is -2.38. The Morgan fingerprint density at radius 1 is 0.796 bits per heavy atom. The van der Waals surface area contributed by atoms with Crippen molar-refractivity contribution in [3.8, 4) is 5.75 Å². The molecule has 1 amide bonds. The van der Waals surface area contributed by atoms with Gasteiger partial charge in [-0.05, 0) is 68.0 Å². The fraction of sp³-hybridized carbons (Fsp3) is 0.429. The van der Waals surface area contributed by atoms with E-state index in [0.29, 0.717) is 30.3 Å². The normalized spacial score (nSPS) is 21.6. The van der Waals surface area contributed by atoms with Crippen LogP contribution in [0.2, 0.25) is 0 Å². The minimum absolute atomic E-state index is 0.183. The molecular weight excluding hydrogens is 768 g/mol. The van der Waals surface area contributed by atoms with Crippen LogP contribution in [0, 0.1) is 17.7 Å². The Kier molecular flexibility index (Phi) is 11.1. The van der Waals surface area contributed by atoms with Gasteiger partial charge in [0.1, 0.15) is 16.3 Å². The fourth-order valence-corrected chi connectivity index (χ4v) is 9.12. The zero-order valence-electron chi connectivity index (χ0n) is 27.8. The monoisotopic (exact) mass is 799 g/mol. The van der Waals surface area contributed by atoms with Crippen molar-refractivity contribution >= 4 is 21.7 Å². The summed E-state index contributed by atoms with van der Waals surface area (Å²) in [6, 6.07) is 9.09. The van der Waals surface area contributed by atoms with Crippen LogP contribution in [0.25, 0.3) is 0 Å². The van der Waals surface area contributed by atoms with Gasteiger partial charge < -0.3 is 19.5 Å². The van der Waals surface area contributed by atoms with Gasteiger partial charge in [0, 0.05) is 30.1 Å². The molecule has 0 bridgehead atoms. The summed E-state index contributed by atoms with van der Waals surface area (Å²) < 4.78 is 175. The Hall–Kier alpha value is -4.39. The van der Waals surface area contributed by atoms with E-state index >= 15 is 0 Å². The number of ether oxygens (including phenoxy) is 2. The van der Waals surface area contributed by atoms with Crippen molar-refractivity contribution in [3.63, 3.8) is 0 Å². The summed E-state index contributed by atoms with van der Waals surface area (Å²) in [4.78, 5) is 25.7. The number of benzene rings is 3. The van der Waals surface area contributed by atoms with Crippen molar-refractivity contribution < 1.29 is 76.5 Å². The van der Waals surface area contributed by atoms with Crippen molar-refractivity contribution in [3.05, 3.63) is 95.3 Å². The van der Waals surface area contributed by atoms with Crippen LogP contribution in [-0.4, -0.2) is 62.1 Å². The van der Waals surface area contributed by atoms with E-state index in [1.807, 2.05) is 0 Å². The van der Waals surface area contributed by atoms with Crippen LogP contribution in [0.4, 0.5) is 43.9 Å². The van der Waals surface area contributed by atoms with Crippen LogP contribution in [-0.2, 0) is 41.1 Å². The first-order valence-electron chi connectivity index (χ1n) is 16.3. The Morgan fingerprint density at radius 2 is 1.35 bits per heavy atom. The van der Waals surface area contributed by atoms with Crippen molar-refractivity contribution in [2.45, 2.75) is 72.7 Å². The van der Waals surface area contributed by atoms with Gasteiger partial charge in [0.05, 0.1) is 17.4 Å². The molecule has 0 radical (unpaired) electrons. The number of aliphatic carboxylic acids is 1. The Morgan fingerprint density at radius 3 is 1.89 bits per heavy atom. The van der Waals surface area contributed by atoms with Gasteiger partial charge in [-0.3, -0.25) is 9.59 Å². The zero-order chi connectivity index (χ0) is 39.9. The number of para-hydroxylation sites is 1. The average Bonchev–Trinajstić information content (AvgIpc) is 3.55. The molecular formula is C35H31F10NO7S. The molecule has 1 heterocycles. The molecule has 5 rings (SSSR count). The number of hydrogen-bond donors (Lipinski definition) is 1. The van der Waals surface area contributed by atoms with Gasteiger partial charge >= 0.3 is 24.7 Å². The highest BCUT2D eigenvalue weighted by molar-refractivity contribution is 7.92. The second kappa shape index (κ2) is 14.7. The summed E-state index contributed by atoms with van der Waals surface area (Å²) in [5.74, 6) is -4.80. The topological polar surface area (TPSA) is 110 Å². The quantitative estimate of drug-likeness (QED) is 0.163.